The third-order valence-corrected chi connectivity index (χ3v) is 6.56. The normalized spacial score (nSPS) is 21.2. The number of carboxylic acids is 1. The van der Waals surface area contributed by atoms with Crippen LogP contribution in [-0.4, -0.2) is 49.5 Å². The largest absolute Gasteiger partial charge is 0.477 e. The van der Waals surface area contributed by atoms with Crippen molar-refractivity contribution in [3.8, 4) is 0 Å². The molecule has 1 fully saturated rings. The number of carbonyl (C=O) groups is 3. The average molecular weight is 440 g/mol. The van der Waals surface area contributed by atoms with Gasteiger partial charge >= 0.3 is 5.97 Å². The number of carbonyl (C=O) groups excluding carboxylic acids is 2. The van der Waals surface area contributed by atoms with Gasteiger partial charge in [0, 0.05) is 36.8 Å². The molecule has 4 rings (SSSR count). The van der Waals surface area contributed by atoms with E-state index in [1.165, 1.54) is 28.8 Å². The number of carboxylic acid groups (broad SMARTS) is 1. The van der Waals surface area contributed by atoms with Gasteiger partial charge in [0.15, 0.2) is 5.43 Å². The van der Waals surface area contributed by atoms with Gasteiger partial charge in [-0.2, -0.15) is 0 Å². The van der Waals surface area contributed by atoms with Gasteiger partial charge in [-0.1, -0.05) is 30.3 Å². The highest BCUT2D eigenvalue weighted by Crippen LogP contribution is 2.40. The second-order valence-corrected chi connectivity index (χ2v) is 8.35. The first-order chi connectivity index (χ1) is 14.9. The number of benzene rings is 1. The molecule has 160 valence electrons. The number of hydrogen-bond donors (Lipinski definition) is 3. The molecular formula is C21H20N4O5S. The Balaban J connectivity index is 1.50. The predicted octanol–water partition coefficient (Wildman–Crippen LogP) is 0.287. The Hall–Kier alpha value is -3.37. The first-order valence-corrected chi connectivity index (χ1v) is 10.6. The molecule has 3 atom stereocenters. The Morgan fingerprint density at radius 3 is 2.48 bits per heavy atom. The maximum absolute atomic E-state index is 12.8. The van der Waals surface area contributed by atoms with E-state index in [9.17, 15) is 24.3 Å². The summed E-state index contributed by atoms with van der Waals surface area (Å²) in [6.07, 6.45) is 3.13. The van der Waals surface area contributed by atoms with Gasteiger partial charge in [-0.25, -0.2) is 4.79 Å². The van der Waals surface area contributed by atoms with E-state index in [1.807, 2.05) is 6.07 Å². The van der Waals surface area contributed by atoms with Crippen molar-refractivity contribution in [2.45, 2.75) is 24.0 Å². The highest BCUT2D eigenvalue weighted by Gasteiger charge is 2.54. The molecule has 2 amide bonds. The number of thioether (sulfide) groups is 1. The van der Waals surface area contributed by atoms with E-state index in [-0.39, 0.29) is 17.7 Å². The van der Waals surface area contributed by atoms with Crippen LogP contribution in [0.4, 0.5) is 0 Å². The Kier molecular flexibility index (Phi) is 5.66. The van der Waals surface area contributed by atoms with Crippen LogP contribution in [0.25, 0.3) is 0 Å². The predicted molar refractivity (Wildman–Crippen MR) is 114 cm³/mol. The minimum atomic E-state index is -1.21. The summed E-state index contributed by atoms with van der Waals surface area (Å²) in [7, 11) is 0. The minimum absolute atomic E-state index is 0.0784. The topological polar surface area (TPSA) is 135 Å². The third kappa shape index (κ3) is 3.99. The van der Waals surface area contributed by atoms with Crippen molar-refractivity contribution in [3.63, 3.8) is 0 Å². The van der Waals surface area contributed by atoms with Crippen molar-refractivity contribution in [2.24, 2.45) is 5.73 Å². The van der Waals surface area contributed by atoms with Crippen LogP contribution in [-0.2, 0) is 20.9 Å². The molecule has 3 heterocycles. The lowest BCUT2D eigenvalue weighted by atomic mass is 10.0. The van der Waals surface area contributed by atoms with Gasteiger partial charge in [-0.15, -0.1) is 11.8 Å². The number of β-lactam (4-membered cyclic amide) rings is 1. The molecule has 2 aromatic rings. The van der Waals surface area contributed by atoms with Gasteiger partial charge < -0.3 is 20.7 Å². The van der Waals surface area contributed by atoms with Crippen molar-refractivity contribution in [2.75, 3.05) is 5.75 Å². The van der Waals surface area contributed by atoms with E-state index in [1.54, 1.807) is 41.2 Å². The third-order valence-electron chi connectivity index (χ3n) is 5.22. The van der Waals surface area contributed by atoms with Crippen molar-refractivity contribution in [3.05, 3.63) is 81.9 Å². The van der Waals surface area contributed by atoms with E-state index in [0.717, 1.165) is 0 Å². The van der Waals surface area contributed by atoms with E-state index in [0.29, 0.717) is 16.9 Å². The number of nitrogens with zero attached hydrogens (tertiary/aromatic N) is 2. The number of pyridine rings is 1. The minimum Gasteiger partial charge on any atom is -0.477 e. The summed E-state index contributed by atoms with van der Waals surface area (Å²) in [5.41, 5.74) is 6.95. The fourth-order valence-electron chi connectivity index (χ4n) is 3.63. The molecule has 0 unspecified atom stereocenters. The second-order valence-electron chi connectivity index (χ2n) is 7.25. The van der Waals surface area contributed by atoms with Gasteiger partial charge in [0.05, 0.1) is 0 Å². The number of nitrogens with one attached hydrogen (secondary N) is 1. The summed E-state index contributed by atoms with van der Waals surface area (Å²) in [5, 5.41) is 11.9. The fourth-order valence-corrected chi connectivity index (χ4v) is 4.96. The Bertz CT molecular complexity index is 1110. The summed E-state index contributed by atoms with van der Waals surface area (Å²) >= 11 is 1.38. The second kappa shape index (κ2) is 8.40. The van der Waals surface area contributed by atoms with Crippen LogP contribution in [0, 0.1) is 0 Å². The van der Waals surface area contributed by atoms with Crippen molar-refractivity contribution in [1.82, 2.24) is 14.8 Å². The zero-order chi connectivity index (χ0) is 22.1. The van der Waals surface area contributed by atoms with Gasteiger partial charge in [-0.05, 0) is 11.1 Å². The summed E-state index contributed by atoms with van der Waals surface area (Å²) in [6, 6.07) is 9.80. The quantitative estimate of drug-likeness (QED) is 0.550. The molecule has 0 bridgehead atoms. The molecule has 1 aromatic carbocycles. The van der Waals surface area contributed by atoms with Crippen molar-refractivity contribution < 1.29 is 19.5 Å². The van der Waals surface area contributed by atoms with Crippen LogP contribution < -0.4 is 16.5 Å². The molecule has 4 N–H and O–H groups in total. The molecule has 0 radical (unpaired) electrons. The molecule has 1 aromatic heterocycles. The summed E-state index contributed by atoms with van der Waals surface area (Å²) in [4.78, 5) is 49.7. The van der Waals surface area contributed by atoms with Crippen molar-refractivity contribution in [1.29, 1.82) is 0 Å². The number of rotatable bonds is 6. The van der Waals surface area contributed by atoms with Crippen LogP contribution in [0.2, 0.25) is 0 Å². The molecule has 2 aliphatic rings. The molecule has 9 nitrogen and oxygen atoms in total. The molecule has 31 heavy (non-hydrogen) atoms. The average Bonchev–Trinajstić information content (AvgIpc) is 2.78. The van der Waals surface area contributed by atoms with E-state index >= 15 is 0 Å². The first kappa shape index (κ1) is 20.9. The summed E-state index contributed by atoms with van der Waals surface area (Å²) in [5.74, 6) is -1.81. The smallest absolute Gasteiger partial charge is 0.352 e. The summed E-state index contributed by atoms with van der Waals surface area (Å²) < 4.78 is 1.68. The molecule has 0 saturated carbocycles. The monoisotopic (exact) mass is 440 g/mol. The number of fused-ring (bicyclic) bond motifs is 1. The number of aromatic nitrogens is 1. The van der Waals surface area contributed by atoms with Crippen LogP contribution in [0.3, 0.4) is 0 Å². The zero-order valence-corrected chi connectivity index (χ0v) is 17.1. The lowest BCUT2D eigenvalue weighted by molar-refractivity contribution is -0.150. The lowest BCUT2D eigenvalue weighted by Crippen LogP contribution is -2.71. The fraction of sp³-hybridized carbons (Fsp3) is 0.238. The van der Waals surface area contributed by atoms with Gasteiger partial charge in [0.1, 0.15) is 23.2 Å². The number of nitrogens with two attached hydrogens (primary N) is 1. The maximum atomic E-state index is 12.8. The zero-order valence-electron chi connectivity index (χ0n) is 16.3. The van der Waals surface area contributed by atoms with Gasteiger partial charge in [-0.3, -0.25) is 19.3 Å². The van der Waals surface area contributed by atoms with E-state index in [2.05, 4.69) is 5.32 Å². The molecule has 2 aliphatic heterocycles. The number of hydrogen-bond acceptors (Lipinski definition) is 6. The van der Waals surface area contributed by atoms with E-state index in [4.69, 9.17) is 5.73 Å². The molecule has 0 aliphatic carbocycles. The van der Waals surface area contributed by atoms with Crippen molar-refractivity contribution >= 4 is 29.5 Å². The van der Waals surface area contributed by atoms with Gasteiger partial charge in [0.25, 0.3) is 5.91 Å². The number of amides is 2. The standard InChI is InChI=1S/C21H20N4O5S/c22-15(12-4-2-1-3-5-12)18(27)23-16-19(28)25-17(21(29)30)13(11-31-20(16)25)10-24-8-6-14(26)7-9-24/h1-9,15-16,20H,10-11,22H2,(H,23,27)(H,29,30)/t15-,16-,20-/m1/s1. The van der Waals surface area contributed by atoms with Crippen LogP contribution >= 0.6 is 11.8 Å². The van der Waals surface area contributed by atoms with E-state index < -0.39 is 35.2 Å². The summed E-state index contributed by atoms with van der Waals surface area (Å²) in [6.45, 7) is 0.237. The number of aliphatic carboxylic acids is 1. The SMILES string of the molecule is N[C@@H](C(=O)N[C@@H]1C(=O)N2C(C(=O)O)=C(Cn3ccc(=O)cc3)CS[C@H]12)c1ccccc1. The highest BCUT2D eigenvalue weighted by molar-refractivity contribution is 8.00. The molecule has 10 heteroatoms. The first-order valence-electron chi connectivity index (χ1n) is 9.54. The van der Waals surface area contributed by atoms with Gasteiger partial charge in [0.2, 0.25) is 5.91 Å². The Labute approximate surface area is 181 Å². The lowest BCUT2D eigenvalue weighted by Gasteiger charge is -2.49. The highest BCUT2D eigenvalue weighted by atomic mass is 32.2. The molecule has 1 saturated heterocycles. The Morgan fingerprint density at radius 1 is 1.16 bits per heavy atom. The maximum Gasteiger partial charge on any atom is 0.352 e. The van der Waals surface area contributed by atoms with Crippen LogP contribution in [0.15, 0.2) is 70.9 Å². The Morgan fingerprint density at radius 2 is 1.84 bits per heavy atom. The molecule has 0 spiro atoms. The van der Waals surface area contributed by atoms with Crippen LogP contribution in [0.1, 0.15) is 11.6 Å². The molecular weight excluding hydrogens is 420 g/mol. The van der Waals surface area contributed by atoms with Crippen LogP contribution in [0.5, 0.6) is 0 Å².